The Balaban J connectivity index is 1.57. The average molecular weight is 465 g/mol. The molecule has 4 aromatic rings. The van der Waals surface area contributed by atoms with E-state index in [2.05, 4.69) is 21.2 Å². The molecule has 4 rings (SSSR count). The predicted molar refractivity (Wildman–Crippen MR) is 122 cm³/mol. The molecule has 1 amide bonds. The smallest absolute Gasteiger partial charge is 0.256 e. The van der Waals surface area contributed by atoms with Gasteiger partial charge in [0.15, 0.2) is 0 Å². The molecule has 0 saturated carbocycles. The van der Waals surface area contributed by atoms with Gasteiger partial charge < -0.3 is 10.1 Å². The number of hydrogen-bond donors (Lipinski definition) is 1. The van der Waals surface area contributed by atoms with E-state index < -0.39 is 0 Å². The van der Waals surface area contributed by atoms with Gasteiger partial charge in [-0.25, -0.2) is 4.98 Å². The SMILES string of the molecule is COc1ccc(Br)c(C(=O)Nc2cccc(-c3csc(-c4ccccc4)n3)c2)c1. The fourth-order valence-electron chi connectivity index (χ4n) is 2.88. The largest absolute Gasteiger partial charge is 0.497 e. The van der Waals surface area contributed by atoms with Crippen LogP contribution in [0.2, 0.25) is 0 Å². The summed E-state index contributed by atoms with van der Waals surface area (Å²) in [7, 11) is 1.58. The van der Waals surface area contributed by atoms with Crippen molar-refractivity contribution < 1.29 is 9.53 Å². The molecule has 0 atom stereocenters. The molecule has 0 spiro atoms. The van der Waals surface area contributed by atoms with Crippen molar-refractivity contribution in [3.8, 4) is 27.6 Å². The van der Waals surface area contributed by atoms with Crippen LogP contribution in [0.3, 0.4) is 0 Å². The van der Waals surface area contributed by atoms with Crippen molar-refractivity contribution in [2.75, 3.05) is 12.4 Å². The second-order valence-corrected chi connectivity index (χ2v) is 8.00. The molecule has 0 bridgehead atoms. The molecule has 144 valence electrons. The molecule has 0 fully saturated rings. The van der Waals surface area contributed by atoms with Crippen molar-refractivity contribution >= 4 is 38.9 Å². The van der Waals surface area contributed by atoms with Crippen molar-refractivity contribution in [2.45, 2.75) is 0 Å². The van der Waals surface area contributed by atoms with Crippen LogP contribution in [0.4, 0.5) is 5.69 Å². The quantitative estimate of drug-likeness (QED) is 0.366. The number of thiazole rings is 1. The fourth-order valence-corrected chi connectivity index (χ4v) is 4.14. The first kappa shape index (κ1) is 19.4. The Kier molecular flexibility index (Phi) is 5.74. The fraction of sp³-hybridized carbons (Fsp3) is 0.0435. The minimum Gasteiger partial charge on any atom is -0.497 e. The topological polar surface area (TPSA) is 51.2 Å². The molecule has 29 heavy (non-hydrogen) atoms. The van der Waals surface area contributed by atoms with E-state index in [1.807, 2.05) is 60.0 Å². The number of carbonyl (C=O) groups excluding carboxylic acids is 1. The van der Waals surface area contributed by atoms with Crippen LogP contribution >= 0.6 is 27.3 Å². The summed E-state index contributed by atoms with van der Waals surface area (Å²) >= 11 is 5.03. The number of benzene rings is 3. The number of hydrogen-bond acceptors (Lipinski definition) is 4. The lowest BCUT2D eigenvalue weighted by Crippen LogP contribution is -2.12. The zero-order valence-electron chi connectivity index (χ0n) is 15.6. The number of ether oxygens (including phenoxy) is 1. The monoisotopic (exact) mass is 464 g/mol. The minimum atomic E-state index is -0.212. The summed E-state index contributed by atoms with van der Waals surface area (Å²) in [4.78, 5) is 17.5. The van der Waals surface area contributed by atoms with Gasteiger partial charge in [-0.15, -0.1) is 11.3 Å². The molecule has 4 nitrogen and oxygen atoms in total. The van der Waals surface area contributed by atoms with E-state index in [4.69, 9.17) is 9.72 Å². The third kappa shape index (κ3) is 4.39. The van der Waals surface area contributed by atoms with Gasteiger partial charge in [0.2, 0.25) is 0 Å². The second-order valence-electron chi connectivity index (χ2n) is 6.28. The molecule has 0 aliphatic rings. The van der Waals surface area contributed by atoms with Crippen LogP contribution in [-0.4, -0.2) is 18.0 Å². The van der Waals surface area contributed by atoms with Gasteiger partial charge in [0.05, 0.1) is 18.4 Å². The number of rotatable bonds is 5. The second kappa shape index (κ2) is 8.59. The van der Waals surface area contributed by atoms with Crippen LogP contribution in [0, 0.1) is 0 Å². The third-order valence-electron chi connectivity index (χ3n) is 4.36. The molecular weight excluding hydrogens is 448 g/mol. The summed E-state index contributed by atoms with van der Waals surface area (Å²) in [6.07, 6.45) is 0. The van der Waals surface area contributed by atoms with Gasteiger partial charge in [-0.2, -0.15) is 0 Å². The molecule has 0 radical (unpaired) electrons. The molecular formula is C23H17BrN2O2S. The number of methoxy groups -OCH3 is 1. The molecule has 3 aromatic carbocycles. The number of aromatic nitrogens is 1. The molecule has 1 heterocycles. The predicted octanol–water partition coefficient (Wildman–Crippen LogP) is 6.50. The van der Waals surface area contributed by atoms with Crippen LogP contribution in [0.15, 0.2) is 82.6 Å². The Hall–Kier alpha value is -2.96. The van der Waals surface area contributed by atoms with E-state index in [0.717, 1.165) is 21.8 Å². The van der Waals surface area contributed by atoms with Crippen molar-refractivity contribution in [2.24, 2.45) is 0 Å². The average Bonchev–Trinajstić information content (AvgIpc) is 3.25. The highest BCUT2D eigenvalue weighted by Crippen LogP contribution is 2.30. The maximum Gasteiger partial charge on any atom is 0.256 e. The summed E-state index contributed by atoms with van der Waals surface area (Å²) in [6, 6.07) is 23.1. The number of carbonyl (C=O) groups is 1. The van der Waals surface area contributed by atoms with Gasteiger partial charge in [0.25, 0.3) is 5.91 Å². The highest BCUT2D eigenvalue weighted by molar-refractivity contribution is 9.10. The summed E-state index contributed by atoms with van der Waals surface area (Å²) in [6.45, 7) is 0. The normalized spacial score (nSPS) is 10.6. The van der Waals surface area contributed by atoms with Crippen molar-refractivity contribution in [1.82, 2.24) is 4.98 Å². The lowest BCUT2D eigenvalue weighted by Gasteiger charge is -2.09. The zero-order valence-corrected chi connectivity index (χ0v) is 18.0. The maximum absolute atomic E-state index is 12.7. The number of halogens is 1. The zero-order chi connectivity index (χ0) is 20.2. The third-order valence-corrected chi connectivity index (χ3v) is 5.94. The first-order chi connectivity index (χ1) is 14.1. The Morgan fingerprint density at radius 3 is 2.59 bits per heavy atom. The van der Waals surface area contributed by atoms with E-state index >= 15 is 0 Å². The van der Waals surface area contributed by atoms with Crippen molar-refractivity contribution in [3.05, 3.63) is 88.2 Å². The number of amides is 1. The molecule has 6 heteroatoms. The Morgan fingerprint density at radius 1 is 1.00 bits per heavy atom. The summed E-state index contributed by atoms with van der Waals surface area (Å²) in [5, 5.41) is 5.95. The van der Waals surface area contributed by atoms with E-state index in [9.17, 15) is 4.79 Å². The summed E-state index contributed by atoms with van der Waals surface area (Å²) in [5.41, 5.74) is 4.14. The Morgan fingerprint density at radius 2 is 1.79 bits per heavy atom. The lowest BCUT2D eigenvalue weighted by molar-refractivity contribution is 0.102. The first-order valence-corrected chi connectivity index (χ1v) is 10.6. The number of anilines is 1. The van der Waals surface area contributed by atoms with E-state index in [1.165, 1.54) is 0 Å². The summed E-state index contributed by atoms with van der Waals surface area (Å²) in [5.74, 6) is 0.416. The molecule has 1 aromatic heterocycles. The maximum atomic E-state index is 12.7. The van der Waals surface area contributed by atoms with Gasteiger partial charge in [0.1, 0.15) is 10.8 Å². The number of nitrogens with zero attached hydrogens (tertiary/aromatic N) is 1. The van der Waals surface area contributed by atoms with Crippen LogP contribution in [0.25, 0.3) is 21.8 Å². The van der Waals surface area contributed by atoms with E-state index in [-0.39, 0.29) is 5.91 Å². The Bertz CT molecular complexity index is 1160. The van der Waals surface area contributed by atoms with E-state index in [0.29, 0.717) is 21.5 Å². The van der Waals surface area contributed by atoms with Crippen LogP contribution in [0.1, 0.15) is 10.4 Å². The van der Waals surface area contributed by atoms with Crippen LogP contribution < -0.4 is 10.1 Å². The van der Waals surface area contributed by atoms with Gasteiger partial charge in [-0.1, -0.05) is 42.5 Å². The molecule has 0 aliphatic heterocycles. The van der Waals surface area contributed by atoms with Gasteiger partial charge in [-0.3, -0.25) is 4.79 Å². The molecule has 0 aliphatic carbocycles. The standard InChI is InChI=1S/C23H17BrN2O2S/c1-28-18-10-11-20(24)19(13-18)22(27)25-17-9-5-8-16(12-17)21-14-29-23(26-21)15-6-3-2-4-7-15/h2-14H,1H3,(H,25,27). The van der Waals surface area contributed by atoms with Gasteiger partial charge in [-0.05, 0) is 46.3 Å². The van der Waals surface area contributed by atoms with Crippen molar-refractivity contribution in [3.63, 3.8) is 0 Å². The molecule has 0 unspecified atom stereocenters. The highest BCUT2D eigenvalue weighted by atomic mass is 79.9. The molecule has 0 saturated heterocycles. The lowest BCUT2D eigenvalue weighted by atomic mass is 10.1. The minimum absolute atomic E-state index is 0.212. The van der Waals surface area contributed by atoms with Crippen LogP contribution in [-0.2, 0) is 0 Å². The van der Waals surface area contributed by atoms with Crippen molar-refractivity contribution in [1.29, 1.82) is 0 Å². The molecule has 1 N–H and O–H groups in total. The highest BCUT2D eigenvalue weighted by Gasteiger charge is 2.13. The number of nitrogens with one attached hydrogen (secondary N) is 1. The van der Waals surface area contributed by atoms with Gasteiger partial charge in [0, 0.05) is 26.7 Å². The Labute approximate surface area is 181 Å². The van der Waals surface area contributed by atoms with Crippen LogP contribution in [0.5, 0.6) is 5.75 Å². The first-order valence-electron chi connectivity index (χ1n) is 8.90. The van der Waals surface area contributed by atoms with E-state index in [1.54, 1.807) is 36.6 Å². The van der Waals surface area contributed by atoms with Gasteiger partial charge >= 0.3 is 0 Å². The summed E-state index contributed by atoms with van der Waals surface area (Å²) < 4.78 is 5.93.